The van der Waals surface area contributed by atoms with E-state index in [0.717, 1.165) is 10.6 Å². The largest absolute Gasteiger partial charge is 0.312 e. The molecule has 1 atom stereocenters. The van der Waals surface area contributed by atoms with Crippen molar-refractivity contribution >= 4 is 11.3 Å². The fourth-order valence-electron chi connectivity index (χ4n) is 1.60. The first kappa shape index (κ1) is 12.1. The summed E-state index contributed by atoms with van der Waals surface area (Å²) in [5, 5.41) is 3.87. The van der Waals surface area contributed by atoms with Gasteiger partial charge in [0.25, 0.3) is 0 Å². The minimum atomic E-state index is -0.329. The molecule has 0 aromatic carbocycles. The zero-order valence-corrected chi connectivity index (χ0v) is 10.8. The van der Waals surface area contributed by atoms with Crippen molar-refractivity contribution in [2.45, 2.75) is 19.9 Å². The average Bonchev–Trinajstić information content (AvgIpc) is 2.71. The quantitative estimate of drug-likeness (QED) is 0.911. The number of hydrogen-bond acceptors (Lipinski definition) is 4. The highest BCUT2D eigenvalue weighted by atomic mass is 32.1. The van der Waals surface area contributed by atoms with Gasteiger partial charge in [0.2, 0.25) is 0 Å². The minimum Gasteiger partial charge on any atom is -0.312 e. The lowest BCUT2D eigenvalue weighted by Gasteiger charge is -2.06. The van der Waals surface area contributed by atoms with E-state index in [1.165, 1.54) is 17.5 Å². The number of hydrogen-bond donors (Lipinski definition) is 1. The summed E-state index contributed by atoms with van der Waals surface area (Å²) in [6, 6.07) is 1.88. The number of aromatic nitrogens is 2. The first-order valence-corrected chi connectivity index (χ1v) is 6.19. The summed E-state index contributed by atoms with van der Waals surface area (Å²) in [4.78, 5) is 9.30. The van der Waals surface area contributed by atoms with Gasteiger partial charge in [0.15, 0.2) is 5.82 Å². The summed E-state index contributed by atoms with van der Waals surface area (Å²) in [5.74, 6) is -0.329. The van der Waals surface area contributed by atoms with Crippen LogP contribution in [0.25, 0.3) is 10.6 Å². The Balaban J connectivity index is 2.45. The molecule has 90 valence electrons. The predicted octanol–water partition coefficient (Wildman–Crippen LogP) is 2.93. The first-order valence-electron chi connectivity index (χ1n) is 5.38. The Kier molecular flexibility index (Phi) is 3.49. The molecule has 2 aromatic rings. The first-order chi connectivity index (χ1) is 8.13. The van der Waals surface area contributed by atoms with Crippen molar-refractivity contribution in [3.63, 3.8) is 0 Å². The Morgan fingerprint density at radius 2 is 2.24 bits per heavy atom. The van der Waals surface area contributed by atoms with E-state index in [-0.39, 0.29) is 11.9 Å². The van der Waals surface area contributed by atoms with Crippen molar-refractivity contribution in [2.75, 3.05) is 7.05 Å². The highest BCUT2D eigenvalue weighted by Gasteiger charge is 2.15. The molecule has 5 heteroatoms. The number of rotatable bonds is 3. The molecule has 0 aliphatic heterocycles. The van der Waals surface area contributed by atoms with Gasteiger partial charge in [-0.15, -0.1) is 11.3 Å². The summed E-state index contributed by atoms with van der Waals surface area (Å²) >= 11 is 1.52. The monoisotopic (exact) mass is 251 g/mol. The number of aryl methyl sites for hydroxylation is 1. The Morgan fingerprint density at radius 1 is 1.47 bits per heavy atom. The average molecular weight is 251 g/mol. The molecular weight excluding hydrogens is 237 g/mol. The molecule has 2 rings (SSSR count). The van der Waals surface area contributed by atoms with Gasteiger partial charge in [-0.2, -0.15) is 0 Å². The molecule has 2 aromatic heterocycles. The zero-order valence-electron chi connectivity index (χ0n) is 9.99. The SMILES string of the molecule is CNC(C)c1sc(-c2ccncc2F)nc1C. The highest BCUT2D eigenvalue weighted by Crippen LogP contribution is 2.32. The van der Waals surface area contributed by atoms with Crippen LogP contribution in [-0.4, -0.2) is 17.0 Å². The highest BCUT2D eigenvalue weighted by molar-refractivity contribution is 7.15. The second-order valence-electron chi connectivity index (χ2n) is 3.83. The van der Waals surface area contributed by atoms with Gasteiger partial charge in [0, 0.05) is 22.7 Å². The van der Waals surface area contributed by atoms with Crippen LogP contribution in [-0.2, 0) is 0 Å². The normalized spacial score (nSPS) is 12.7. The van der Waals surface area contributed by atoms with Crippen molar-refractivity contribution in [1.29, 1.82) is 0 Å². The maximum absolute atomic E-state index is 13.6. The zero-order chi connectivity index (χ0) is 12.4. The molecule has 0 radical (unpaired) electrons. The van der Waals surface area contributed by atoms with Crippen molar-refractivity contribution < 1.29 is 4.39 Å². The van der Waals surface area contributed by atoms with Crippen LogP contribution in [0.15, 0.2) is 18.5 Å². The van der Waals surface area contributed by atoms with E-state index >= 15 is 0 Å². The van der Waals surface area contributed by atoms with Crippen LogP contribution < -0.4 is 5.32 Å². The van der Waals surface area contributed by atoms with Crippen LogP contribution in [0, 0.1) is 12.7 Å². The van der Waals surface area contributed by atoms with Crippen LogP contribution in [0.3, 0.4) is 0 Å². The van der Waals surface area contributed by atoms with Gasteiger partial charge < -0.3 is 5.32 Å². The fraction of sp³-hybridized carbons (Fsp3) is 0.333. The van der Waals surface area contributed by atoms with Crippen LogP contribution >= 0.6 is 11.3 Å². The Bertz CT molecular complexity index is 524. The topological polar surface area (TPSA) is 37.8 Å². The molecule has 0 bridgehead atoms. The van der Waals surface area contributed by atoms with Gasteiger partial charge in [0.1, 0.15) is 5.01 Å². The van der Waals surface area contributed by atoms with Crippen molar-refractivity contribution in [1.82, 2.24) is 15.3 Å². The van der Waals surface area contributed by atoms with E-state index in [1.807, 2.05) is 14.0 Å². The van der Waals surface area contributed by atoms with E-state index < -0.39 is 0 Å². The summed E-state index contributed by atoms with van der Waals surface area (Å²) in [7, 11) is 1.90. The van der Waals surface area contributed by atoms with E-state index in [0.29, 0.717) is 10.6 Å². The Labute approximate surface area is 104 Å². The third-order valence-electron chi connectivity index (χ3n) is 2.66. The second kappa shape index (κ2) is 4.89. The van der Waals surface area contributed by atoms with Gasteiger partial charge in [0.05, 0.1) is 11.9 Å². The lowest BCUT2D eigenvalue weighted by molar-refractivity contribution is 0.625. The fourth-order valence-corrected chi connectivity index (χ4v) is 2.76. The van der Waals surface area contributed by atoms with Gasteiger partial charge in [-0.25, -0.2) is 9.37 Å². The Morgan fingerprint density at radius 3 is 2.88 bits per heavy atom. The second-order valence-corrected chi connectivity index (χ2v) is 4.87. The molecule has 2 heterocycles. The van der Waals surface area contributed by atoms with Crippen LogP contribution in [0.4, 0.5) is 4.39 Å². The van der Waals surface area contributed by atoms with Gasteiger partial charge in [-0.3, -0.25) is 4.98 Å². The van der Waals surface area contributed by atoms with E-state index in [9.17, 15) is 4.39 Å². The summed E-state index contributed by atoms with van der Waals surface area (Å²) in [6.45, 7) is 4.01. The lowest BCUT2D eigenvalue weighted by Crippen LogP contribution is -2.11. The van der Waals surface area contributed by atoms with Gasteiger partial charge in [-0.1, -0.05) is 0 Å². The molecule has 0 spiro atoms. The van der Waals surface area contributed by atoms with E-state index in [1.54, 1.807) is 12.3 Å². The van der Waals surface area contributed by atoms with Crippen LogP contribution in [0.2, 0.25) is 0 Å². The van der Waals surface area contributed by atoms with Crippen LogP contribution in [0.1, 0.15) is 23.5 Å². The van der Waals surface area contributed by atoms with Gasteiger partial charge >= 0.3 is 0 Å². The predicted molar refractivity (Wildman–Crippen MR) is 67.5 cm³/mol. The minimum absolute atomic E-state index is 0.228. The Hall–Kier alpha value is -1.33. The molecule has 0 aliphatic carbocycles. The maximum atomic E-state index is 13.6. The molecule has 0 aliphatic rings. The number of nitrogens with zero attached hydrogens (tertiary/aromatic N) is 2. The number of nitrogens with one attached hydrogen (secondary N) is 1. The third kappa shape index (κ3) is 2.35. The van der Waals surface area contributed by atoms with Gasteiger partial charge in [-0.05, 0) is 27.0 Å². The van der Waals surface area contributed by atoms with E-state index in [2.05, 4.69) is 22.2 Å². The summed E-state index contributed by atoms with van der Waals surface area (Å²) in [6.07, 6.45) is 2.80. The van der Waals surface area contributed by atoms with Crippen molar-refractivity contribution in [2.24, 2.45) is 0 Å². The molecule has 3 nitrogen and oxygen atoms in total. The third-order valence-corrected chi connectivity index (χ3v) is 4.04. The maximum Gasteiger partial charge on any atom is 0.151 e. The van der Waals surface area contributed by atoms with Crippen molar-refractivity contribution in [3.8, 4) is 10.6 Å². The molecule has 17 heavy (non-hydrogen) atoms. The lowest BCUT2D eigenvalue weighted by atomic mass is 10.2. The number of pyridine rings is 1. The molecule has 0 saturated heterocycles. The molecule has 0 amide bonds. The summed E-state index contributed by atoms with van der Waals surface area (Å²) < 4.78 is 13.6. The van der Waals surface area contributed by atoms with E-state index in [4.69, 9.17) is 0 Å². The van der Waals surface area contributed by atoms with Crippen LogP contribution in [0.5, 0.6) is 0 Å². The summed E-state index contributed by atoms with van der Waals surface area (Å²) in [5.41, 5.74) is 1.46. The molecule has 0 fully saturated rings. The molecule has 1 unspecified atom stereocenters. The molecule has 0 saturated carbocycles. The number of halogens is 1. The molecular formula is C12H14FN3S. The molecule has 1 N–H and O–H groups in total. The standard InChI is InChI=1S/C12H14FN3S/c1-7(14-3)11-8(2)16-12(17-11)9-4-5-15-6-10(9)13/h4-7,14H,1-3H3. The van der Waals surface area contributed by atoms with Crippen molar-refractivity contribution in [3.05, 3.63) is 34.8 Å². The smallest absolute Gasteiger partial charge is 0.151 e. The number of thiazole rings is 1.